The third-order valence-corrected chi connectivity index (χ3v) is 7.12. The molecule has 0 aliphatic heterocycles. The molecule has 0 rings (SSSR count). The molecule has 204 valence electrons. The lowest BCUT2D eigenvalue weighted by Crippen LogP contribution is -2.45. The van der Waals surface area contributed by atoms with Crippen molar-refractivity contribution in [3.63, 3.8) is 0 Å². The fourth-order valence-corrected chi connectivity index (χ4v) is 4.71. The van der Waals surface area contributed by atoms with Gasteiger partial charge in [0.1, 0.15) is 0 Å². The molecule has 0 aromatic heterocycles. The summed E-state index contributed by atoms with van der Waals surface area (Å²) in [5.41, 5.74) is 0. The van der Waals surface area contributed by atoms with E-state index in [9.17, 15) is 15.0 Å². The summed E-state index contributed by atoms with van der Waals surface area (Å²) in [7, 11) is 0. The number of carbonyl (C=O) groups is 1. The van der Waals surface area contributed by atoms with E-state index < -0.39 is 12.1 Å². The van der Waals surface area contributed by atoms with Gasteiger partial charge < -0.3 is 15.5 Å². The topological polar surface area (TPSA) is 69.6 Å². The molecule has 1 amide bonds. The summed E-state index contributed by atoms with van der Waals surface area (Å²) in [5, 5.41) is 22.8. The van der Waals surface area contributed by atoms with Crippen LogP contribution in [0, 0.1) is 0 Å². The minimum absolute atomic E-state index is 0.0411. The van der Waals surface area contributed by atoms with Crippen LogP contribution in [-0.2, 0) is 4.79 Å². The second-order valence-corrected chi connectivity index (χ2v) is 10.5. The molecule has 4 nitrogen and oxygen atoms in total. The van der Waals surface area contributed by atoms with Crippen LogP contribution in [-0.4, -0.2) is 34.9 Å². The van der Waals surface area contributed by atoms with Crippen LogP contribution < -0.4 is 5.32 Å². The first-order valence-electron chi connectivity index (χ1n) is 15.2. The van der Waals surface area contributed by atoms with Crippen molar-refractivity contribution in [3.8, 4) is 0 Å². The highest BCUT2D eigenvalue weighted by atomic mass is 16.3. The molecule has 0 aromatic carbocycles. The van der Waals surface area contributed by atoms with Gasteiger partial charge in [-0.25, -0.2) is 0 Å². The molecule has 34 heavy (non-hydrogen) atoms. The molecule has 0 fully saturated rings. The molecule has 0 saturated heterocycles. The molecule has 4 heteroatoms. The van der Waals surface area contributed by atoms with Crippen molar-refractivity contribution in [2.24, 2.45) is 0 Å². The number of carbonyl (C=O) groups excluding carboxylic acids is 1. The molecule has 3 N–H and O–H groups in total. The lowest BCUT2D eigenvalue weighted by molar-refractivity contribution is -0.123. The molecule has 0 spiro atoms. The number of rotatable bonds is 27. The average Bonchev–Trinajstić information content (AvgIpc) is 2.84. The Labute approximate surface area is 213 Å². The van der Waals surface area contributed by atoms with Crippen LogP contribution in [0.5, 0.6) is 0 Å². The molecule has 0 heterocycles. The molecule has 0 saturated carbocycles. The molecule has 0 radical (unpaired) electrons. The number of hydrogen-bond donors (Lipinski definition) is 3. The average molecular weight is 484 g/mol. The fraction of sp³-hybridized carbons (Fsp3) is 0.967. The predicted octanol–water partition coefficient (Wildman–Crippen LogP) is 8.23. The van der Waals surface area contributed by atoms with Crippen molar-refractivity contribution in [3.05, 3.63) is 0 Å². The smallest absolute Gasteiger partial charge is 0.220 e. The maximum absolute atomic E-state index is 12.1. The minimum atomic E-state index is -0.648. The normalized spacial score (nSPS) is 13.2. The fourth-order valence-electron chi connectivity index (χ4n) is 4.71. The van der Waals surface area contributed by atoms with E-state index in [0.717, 1.165) is 25.7 Å². The summed E-state index contributed by atoms with van der Waals surface area (Å²) in [6.45, 7) is 4.29. The van der Waals surface area contributed by atoms with Gasteiger partial charge in [-0.2, -0.15) is 0 Å². The summed E-state index contributed by atoms with van der Waals surface area (Å²) in [6.07, 6.45) is 28.7. The molecule has 0 aliphatic carbocycles. The Morgan fingerprint density at radius 3 is 1.32 bits per heavy atom. The van der Waals surface area contributed by atoms with E-state index >= 15 is 0 Å². The molecule has 0 aromatic rings. The van der Waals surface area contributed by atoms with Crippen molar-refractivity contribution in [2.75, 3.05) is 6.61 Å². The summed E-state index contributed by atoms with van der Waals surface area (Å²) in [6, 6.07) is -0.524. The van der Waals surface area contributed by atoms with Crippen LogP contribution in [0.3, 0.4) is 0 Å². The Hall–Kier alpha value is -0.610. The maximum Gasteiger partial charge on any atom is 0.220 e. The quantitative estimate of drug-likeness (QED) is 0.103. The molecule has 2 unspecified atom stereocenters. The number of aliphatic hydroxyl groups excluding tert-OH is 2. The van der Waals surface area contributed by atoms with Crippen molar-refractivity contribution in [2.45, 2.75) is 180 Å². The lowest BCUT2D eigenvalue weighted by Gasteiger charge is -2.22. The zero-order chi connectivity index (χ0) is 25.1. The summed E-state index contributed by atoms with van der Waals surface area (Å²) in [5.74, 6) is -0.0411. The lowest BCUT2D eigenvalue weighted by atomic mass is 10.0. The first-order chi connectivity index (χ1) is 16.7. The van der Waals surface area contributed by atoms with Crippen LogP contribution in [0.15, 0.2) is 0 Å². The van der Waals surface area contributed by atoms with Gasteiger partial charge in [-0.15, -0.1) is 0 Å². The molecule has 2 atom stereocenters. The largest absolute Gasteiger partial charge is 0.394 e. The minimum Gasteiger partial charge on any atom is -0.394 e. The first-order valence-corrected chi connectivity index (χ1v) is 15.2. The Morgan fingerprint density at radius 2 is 0.941 bits per heavy atom. The number of hydrogen-bond acceptors (Lipinski definition) is 3. The second-order valence-electron chi connectivity index (χ2n) is 10.5. The van der Waals surface area contributed by atoms with Crippen molar-refractivity contribution in [1.29, 1.82) is 0 Å². The van der Waals surface area contributed by atoms with Gasteiger partial charge in [0, 0.05) is 6.42 Å². The maximum atomic E-state index is 12.1. The van der Waals surface area contributed by atoms with E-state index in [0.29, 0.717) is 12.8 Å². The second kappa shape index (κ2) is 27.0. The highest BCUT2D eigenvalue weighted by Crippen LogP contribution is 2.15. The third-order valence-electron chi connectivity index (χ3n) is 7.12. The number of nitrogens with one attached hydrogen (secondary N) is 1. The van der Waals surface area contributed by atoms with Crippen LogP contribution in [0.25, 0.3) is 0 Å². The van der Waals surface area contributed by atoms with Crippen LogP contribution in [0.2, 0.25) is 0 Å². The standard InChI is InChI=1S/C30H61NO3/c1-3-5-7-9-11-12-13-14-15-16-17-18-19-20-21-23-25-29(33)28(27-32)31-30(34)26-24-22-10-8-6-4-2/h28-29,32-33H,3-27H2,1-2H3,(H,31,34). The van der Waals surface area contributed by atoms with Gasteiger partial charge in [0.15, 0.2) is 0 Å². The van der Waals surface area contributed by atoms with Crippen molar-refractivity contribution < 1.29 is 15.0 Å². The number of aliphatic hydroxyl groups is 2. The Kier molecular flexibility index (Phi) is 26.5. The van der Waals surface area contributed by atoms with Crippen molar-refractivity contribution in [1.82, 2.24) is 5.32 Å². The van der Waals surface area contributed by atoms with Gasteiger partial charge in [-0.3, -0.25) is 4.79 Å². The van der Waals surface area contributed by atoms with E-state index in [-0.39, 0.29) is 12.5 Å². The predicted molar refractivity (Wildman–Crippen MR) is 147 cm³/mol. The van der Waals surface area contributed by atoms with Crippen molar-refractivity contribution >= 4 is 5.91 Å². The van der Waals surface area contributed by atoms with Crippen LogP contribution >= 0.6 is 0 Å². The SMILES string of the molecule is CCCCCCCCCCCCCCCCCCC(O)C(CO)NC(=O)CCCCCCCC. The van der Waals surface area contributed by atoms with Gasteiger partial charge in [0.25, 0.3) is 0 Å². The van der Waals surface area contributed by atoms with E-state index in [1.54, 1.807) is 0 Å². The molecular formula is C30H61NO3. The summed E-state index contributed by atoms with van der Waals surface area (Å²) >= 11 is 0. The van der Waals surface area contributed by atoms with E-state index in [4.69, 9.17) is 0 Å². The van der Waals surface area contributed by atoms with Crippen LogP contribution in [0.4, 0.5) is 0 Å². The van der Waals surface area contributed by atoms with Gasteiger partial charge in [-0.05, 0) is 12.8 Å². The highest BCUT2D eigenvalue weighted by Gasteiger charge is 2.19. The Bertz CT molecular complexity index is 416. The molecular weight excluding hydrogens is 422 g/mol. The van der Waals surface area contributed by atoms with E-state index in [1.807, 2.05) is 0 Å². The number of unbranched alkanes of at least 4 members (excludes halogenated alkanes) is 20. The van der Waals surface area contributed by atoms with E-state index in [1.165, 1.54) is 116 Å². The highest BCUT2D eigenvalue weighted by molar-refractivity contribution is 5.76. The third kappa shape index (κ3) is 23.1. The van der Waals surface area contributed by atoms with E-state index in [2.05, 4.69) is 19.2 Å². The zero-order valence-electron chi connectivity index (χ0n) is 23.1. The first kappa shape index (κ1) is 33.4. The van der Waals surface area contributed by atoms with Gasteiger partial charge in [-0.1, -0.05) is 149 Å². The molecule has 0 aliphatic rings. The van der Waals surface area contributed by atoms with Gasteiger partial charge in [0.05, 0.1) is 18.8 Å². The summed E-state index contributed by atoms with van der Waals surface area (Å²) in [4.78, 5) is 12.1. The Balaban J connectivity index is 3.51. The Morgan fingerprint density at radius 1 is 0.588 bits per heavy atom. The van der Waals surface area contributed by atoms with Crippen LogP contribution in [0.1, 0.15) is 168 Å². The monoisotopic (exact) mass is 483 g/mol. The van der Waals surface area contributed by atoms with Gasteiger partial charge in [0.2, 0.25) is 5.91 Å². The number of amides is 1. The van der Waals surface area contributed by atoms with Gasteiger partial charge >= 0.3 is 0 Å². The zero-order valence-corrected chi connectivity index (χ0v) is 23.1. The summed E-state index contributed by atoms with van der Waals surface area (Å²) < 4.78 is 0. The molecule has 0 bridgehead atoms.